The predicted molar refractivity (Wildman–Crippen MR) is 73.4 cm³/mol. The van der Waals surface area contributed by atoms with Gasteiger partial charge in [0.1, 0.15) is 5.82 Å². The molecule has 0 aliphatic carbocycles. The van der Waals surface area contributed by atoms with Crippen LogP contribution in [-0.4, -0.2) is 31.6 Å². The van der Waals surface area contributed by atoms with Crippen LogP contribution in [0, 0.1) is 11.7 Å². The minimum atomic E-state index is -0.319. The zero-order valence-electron chi connectivity index (χ0n) is 10.9. The van der Waals surface area contributed by atoms with E-state index in [1.54, 1.807) is 12.1 Å². The van der Waals surface area contributed by atoms with Crippen LogP contribution >= 0.6 is 11.6 Å². The summed E-state index contributed by atoms with van der Waals surface area (Å²) in [6.07, 6.45) is 1.16. The minimum absolute atomic E-state index is 0.199. The lowest BCUT2D eigenvalue weighted by Gasteiger charge is -2.27. The monoisotopic (exact) mass is 270 g/mol. The third-order valence-corrected chi connectivity index (χ3v) is 4.09. The second-order valence-electron chi connectivity index (χ2n) is 4.85. The molecule has 1 saturated heterocycles. The first-order valence-electron chi connectivity index (χ1n) is 6.51. The van der Waals surface area contributed by atoms with Crippen LogP contribution in [0.1, 0.15) is 24.9 Å². The highest BCUT2D eigenvalue weighted by Gasteiger charge is 2.33. The van der Waals surface area contributed by atoms with E-state index in [-0.39, 0.29) is 10.8 Å². The van der Waals surface area contributed by atoms with Gasteiger partial charge in [0, 0.05) is 6.04 Å². The summed E-state index contributed by atoms with van der Waals surface area (Å²) in [5.74, 6) is 0.218. The summed E-state index contributed by atoms with van der Waals surface area (Å²) in [7, 11) is 1.97. The van der Waals surface area contributed by atoms with Gasteiger partial charge < -0.3 is 5.32 Å². The molecule has 0 bridgehead atoms. The Morgan fingerprint density at radius 1 is 1.50 bits per heavy atom. The molecule has 2 atom stereocenters. The largest absolute Gasteiger partial charge is 0.319 e. The molecule has 0 saturated carbocycles. The average Bonchev–Trinajstić information content (AvgIpc) is 2.76. The molecule has 1 aliphatic rings. The number of halogens is 2. The molecule has 0 spiro atoms. The first-order valence-corrected chi connectivity index (χ1v) is 6.88. The Kier molecular flexibility index (Phi) is 4.60. The molecule has 2 unspecified atom stereocenters. The summed E-state index contributed by atoms with van der Waals surface area (Å²) in [4.78, 5) is 2.41. The lowest BCUT2D eigenvalue weighted by molar-refractivity contribution is 0.238. The summed E-state index contributed by atoms with van der Waals surface area (Å²) in [5.41, 5.74) is 1.04. The molecule has 100 valence electrons. The first-order chi connectivity index (χ1) is 8.67. The summed E-state index contributed by atoms with van der Waals surface area (Å²) < 4.78 is 13.6. The Balaban J connectivity index is 2.28. The van der Waals surface area contributed by atoms with Crippen LogP contribution in [0.25, 0.3) is 0 Å². The number of likely N-dealkylation sites (tertiary alicyclic amines) is 1. The van der Waals surface area contributed by atoms with Crippen LogP contribution in [-0.2, 0) is 0 Å². The Morgan fingerprint density at radius 2 is 2.28 bits per heavy atom. The molecule has 1 fully saturated rings. The third kappa shape index (κ3) is 2.68. The van der Waals surface area contributed by atoms with Gasteiger partial charge in [-0.05, 0) is 56.7 Å². The van der Waals surface area contributed by atoms with E-state index in [1.165, 1.54) is 0 Å². The number of nitrogens with one attached hydrogen (secondary N) is 1. The third-order valence-electron chi connectivity index (χ3n) is 3.78. The molecule has 4 heteroatoms. The van der Waals surface area contributed by atoms with Crippen molar-refractivity contribution in [3.8, 4) is 0 Å². The summed E-state index contributed by atoms with van der Waals surface area (Å²) in [6, 6.07) is 5.50. The maximum absolute atomic E-state index is 13.6. The lowest BCUT2D eigenvalue weighted by Crippen LogP contribution is -2.29. The van der Waals surface area contributed by atoms with Crippen LogP contribution < -0.4 is 5.32 Å². The zero-order valence-corrected chi connectivity index (χ0v) is 11.7. The van der Waals surface area contributed by atoms with Crippen LogP contribution in [0.4, 0.5) is 4.39 Å². The van der Waals surface area contributed by atoms with Gasteiger partial charge in [0.15, 0.2) is 0 Å². The number of rotatable bonds is 4. The van der Waals surface area contributed by atoms with Gasteiger partial charge in [-0.1, -0.05) is 24.6 Å². The Bertz CT molecular complexity index is 411. The van der Waals surface area contributed by atoms with E-state index in [0.717, 1.165) is 31.6 Å². The highest BCUT2D eigenvalue weighted by Crippen LogP contribution is 2.37. The number of hydrogen-bond acceptors (Lipinski definition) is 2. The van der Waals surface area contributed by atoms with Gasteiger partial charge in [-0.2, -0.15) is 0 Å². The molecular formula is C14H20ClFN2. The molecule has 1 aliphatic heterocycles. The highest BCUT2D eigenvalue weighted by molar-refractivity contribution is 6.30. The maximum Gasteiger partial charge on any atom is 0.142 e. The van der Waals surface area contributed by atoms with E-state index >= 15 is 0 Å². The smallest absolute Gasteiger partial charge is 0.142 e. The summed E-state index contributed by atoms with van der Waals surface area (Å²) >= 11 is 5.75. The fourth-order valence-electron chi connectivity index (χ4n) is 2.94. The topological polar surface area (TPSA) is 15.3 Å². The van der Waals surface area contributed by atoms with Crippen molar-refractivity contribution >= 4 is 11.6 Å². The number of nitrogens with zero attached hydrogens (tertiary/aromatic N) is 1. The van der Waals surface area contributed by atoms with Gasteiger partial charge in [-0.3, -0.25) is 4.90 Å². The minimum Gasteiger partial charge on any atom is -0.319 e. The van der Waals surface area contributed by atoms with Gasteiger partial charge in [0.25, 0.3) is 0 Å². The number of hydrogen-bond donors (Lipinski definition) is 1. The van der Waals surface area contributed by atoms with E-state index in [0.29, 0.717) is 12.0 Å². The SMILES string of the molecule is CCN1CCC(CNC)C1c1ccc(Cl)c(F)c1. The fourth-order valence-corrected chi connectivity index (χ4v) is 3.05. The van der Waals surface area contributed by atoms with Crippen molar-refractivity contribution in [3.05, 3.63) is 34.6 Å². The van der Waals surface area contributed by atoms with Crippen LogP contribution in [0.15, 0.2) is 18.2 Å². The molecule has 18 heavy (non-hydrogen) atoms. The van der Waals surface area contributed by atoms with E-state index < -0.39 is 0 Å². The lowest BCUT2D eigenvalue weighted by atomic mass is 9.93. The highest BCUT2D eigenvalue weighted by atomic mass is 35.5. The van der Waals surface area contributed by atoms with E-state index in [2.05, 4.69) is 17.1 Å². The molecule has 1 aromatic carbocycles. The molecule has 0 radical (unpaired) electrons. The second kappa shape index (κ2) is 6.00. The predicted octanol–water partition coefficient (Wildman–Crippen LogP) is 3.08. The van der Waals surface area contributed by atoms with E-state index in [1.807, 2.05) is 13.1 Å². The molecule has 2 nitrogen and oxygen atoms in total. The average molecular weight is 271 g/mol. The van der Waals surface area contributed by atoms with Crippen molar-refractivity contribution in [1.82, 2.24) is 10.2 Å². The molecule has 2 rings (SSSR count). The zero-order chi connectivity index (χ0) is 13.1. The first kappa shape index (κ1) is 13.8. The molecule has 1 N–H and O–H groups in total. The second-order valence-corrected chi connectivity index (χ2v) is 5.26. The van der Waals surface area contributed by atoms with Crippen LogP contribution in [0.5, 0.6) is 0 Å². The molecule has 0 aromatic heterocycles. The molecule has 1 aromatic rings. The normalized spacial score (nSPS) is 24.7. The molecule has 1 heterocycles. The van der Waals surface area contributed by atoms with Crippen molar-refractivity contribution in [2.75, 3.05) is 26.7 Å². The van der Waals surface area contributed by atoms with Crippen molar-refractivity contribution in [2.45, 2.75) is 19.4 Å². The maximum atomic E-state index is 13.6. The summed E-state index contributed by atoms with van der Waals surface area (Å²) in [5, 5.41) is 3.43. The Labute approximate surface area is 113 Å². The Morgan fingerprint density at radius 3 is 2.89 bits per heavy atom. The number of benzene rings is 1. The van der Waals surface area contributed by atoms with Gasteiger partial charge in [0.05, 0.1) is 5.02 Å². The van der Waals surface area contributed by atoms with E-state index in [4.69, 9.17) is 11.6 Å². The van der Waals surface area contributed by atoms with Crippen molar-refractivity contribution in [1.29, 1.82) is 0 Å². The standard InChI is InChI=1S/C14H20ClFN2/c1-3-18-7-6-11(9-17-2)14(18)10-4-5-12(15)13(16)8-10/h4-5,8,11,14,17H,3,6-7,9H2,1-2H3. The fraction of sp³-hybridized carbons (Fsp3) is 0.571. The van der Waals surface area contributed by atoms with Crippen molar-refractivity contribution < 1.29 is 4.39 Å². The van der Waals surface area contributed by atoms with Gasteiger partial charge in [0.2, 0.25) is 0 Å². The van der Waals surface area contributed by atoms with E-state index in [9.17, 15) is 4.39 Å². The van der Waals surface area contributed by atoms with Gasteiger partial charge in [-0.15, -0.1) is 0 Å². The Hall–Kier alpha value is -0.640. The van der Waals surface area contributed by atoms with Crippen molar-refractivity contribution in [2.24, 2.45) is 5.92 Å². The van der Waals surface area contributed by atoms with Gasteiger partial charge >= 0.3 is 0 Å². The van der Waals surface area contributed by atoms with Gasteiger partial charge in [-0.25, -0.2) is 4.39 Å². The van der Waals surface area contributed by atoms with Crippen LogP contribution in [0.3, 0.4) is 0 Å². The molecular weight excluding hydrogens is 251 g/mol. The van der Waals surface area contributed by atoms with Crippen molar-refractivity contribution in [3.63, 3.8) is 0 Å². The quantitative estimate of drug-likeness (QED) is 0.905. The summed E-state index contributed by atoms with van der Waals surface area (Å²) in [6.45, 7) is 5.19. The molecule has 0 amide bonds. The van der Waals surface area contributed by atoms with Crippen LogP contribution in [0.2, 0.25) is 5.02 Å².